The number of sulfonamides is 1. The van der Waals surface area contributed by atoms with Crippen LogP contribution < -0.4 is 10.9 Å². The molecule has 0 heterocycles. The molecule has 0 aromatic heterocycles. The minimum absolute atomic E-state index is 0.208. The normalized spacial score (nSPS) is 11.1. The predicted octanol–water partition coefficient (Wildman–Crippen LogP) is 0.180. The van der Waals surface area contributed by atoms with Gasteiger partial charge < -0.3 is 4.74 Å². The Kier molecular flexibility index (Phi) is 7.65. The van der Waals surface area contributed by atoms with E-state index in [2.05, 4.69) is 4.74 Å². The smallest absolute Gasteiger partial charge is 0.341 e. The van der Waals surface area contributed by atoms with E-state index in [0.29, 0.717) is 0 Å². The molecule has 0 aliphatic heterocycles. The minimum atomic E-state index is -3.89. The quantitative estimate of drug-likeness (QED) is 0.507. The lowest BCUT2D eigenvalue weighted by atomic mass is 10.2. The number of benzene rings is 1. The van der Waals surface area contributed by atoms with E-state index in [1.54, 1.807) is 13.8 Å². The first-order valence-corrected chi connectivity index (χ1v) is 9.09. The van der Waals surface area contributed by atoms with Crippen molar-refractivity contribution in [1.82, 2.24) is 15.2 Å². The molecule has 9 nitrogen and oxygen atoms in total. The van der Waals surface area contributed by atoms with Gasteiger partial charge in [0.05, 0.1) is 10.5 Å². The van der Waals surface area contributed by atoms with Crippen molar-refractivity contribution >= 4 is 27.8 Å². The topological polar surface area (TPSA) is 122 Å². The monoisotopic (exact) mass is 389 g/mol. The van der Waals surface area contributed by atoms with Gasteiger partial charge in [-0.3, -0.25) is 20.4 Å². The van der Waals surface area contributed by atoms with Crippen LogP contribution in [0.25, 0.3) is 0 Å². The number of nitrogens with zero attached hydrogens (tertiary/aromatic N) is 1. The average molecular weight is 389 g/mol. The van der Waals surface area contributed by atoms with Crippen molar-refractivity contribution in [2.45, 2.75) is 25.7 Å². The van der Waals surface area contributed by atoms with E-state index in [0.717, 1.165) is 29.4 Å². The zero-order chi connectivity index (χ0) is 19.9. The molecule has 1 aromatic carbocycles. The zero-order valence-corrected chi connectivity index (χ0v) is 15.4. The summed E-state index contributed by atoms with van der Waals surface area (Å²) in [5.41, 5.74) is 3.32. The molecular formula is C15H20FN3O6S. The molecule has 11 heteroatoms. The Bertz CT molecular complexity index is 793. The highest BCUT2D eigenvalue weighted by Crippen LogP contribution is 2.19. The Hall–Kier alpha value is -2.53. The van der Waals surface area contributed by atoms with E-state index in [1.165, 1.54) is 0 Å². The molecule has 0 unspecified atom stereocenters. The maximum Gasteiger partial charge on any atom is 0.341 e. The van der Waals surface area contributed by atoms with Crippen LogP contribution >= 0.6 is 0 Å². The highest BCUT2D eigenvalue weighted by atomic mass is 32.2. The van der Waals surface area contributed by atoms with E-state index in [1.807, 2.05) is 10.9 Å². The van der Waals surface area contributed by atoms with Crippen molar-refractivity contribution in [3.63, 3.8) is 0 Å². The van der Waals surface area contributed by atoms with E-state index in [4.69, 9.17) is 0 Å². The van der Waals surface area contributed by atoms with Crippen LogP contribution in [0.1, 0.15) is 31.1 Å². The van der Waals surface area contributed by atoms with Crippen molar-refractivity contribution < 1.29 is 31.9 Å². The number of carbonyl (C=O) groups is 3. The fourth-order valence-electron chi connectivity index (χ4n) is 1.94. The molecule has 144 valence electrons. The molecule has 1 rings (SSSR count). The van der Waals surface area contributed by atoms with E-state index < -0.39 is 45.8 Å². The molecule has 0 bridgehead atoms. The van der Waals surface area contributed by atoms with Gasteiger partial charge in [-0.2, -0.15) is 4.31 Å². The Morgan fingerprint density at radius 3 is 2.31 bits per heavy atom. The second-order valence-electron chi connectivity index (χ2n) is 5.04. The maximum atomic E-state index is 13.9. The summed E-state index contributed by atoms with van der Waals surface area (Å²) in [5.74, 6) is -3.58. The maximum absolute atomic E-state index is 13.9. The van der Waals surface area contributed by atoms with Crippen LogP contribution in [0.4, 0.5) is 4.39 Å². The van der Waals surface area contributed by atoms with Gasteiger partial charge >= 0.3 is 5.97 Å². The first kappa shape index (κ1) is 21.5. The minimum Gasteiger partial charge on any atom is -0.452 e. The van der Waals surface area contributed by atoms with Gasteiger partial charge in [-0.25, -0.2) is 17.6 Å². The van der Waals surface area contributed by atoms with Gasteiger partial charge in [0.1, 0.15) is 5.82 Å². The number of halogens is 1. The molecule has 0 aliphatic carbocycles. The summed E-state index contributed by atoms with van der Waals surface area (Å²) in [4.78, 5) is 33.7. The summed E-state index contributed by atoms with van der Waals surface area (Å²) >= 11 is 0. The highest BCUT2D eigenvalue weighted by Gasteiger charge is 2.25. The van der Waals surface area contributed by atoms with Crippen LogP contribution in [0, 0.1) is 5.82 Å². The third-order valence-corrected chi connectivity index (χ3v) is 5.26. The number of esters is 1. The number of hydrogen-bond donors (Lipinski definition) is 2. The Labute approximate surface area is 150 Å². The Morgan fingerprint density at radius 1 is 1.15 bits per heavy atom. The number of carbonyl (C=O) groups excluding carboxylic acids is 3. The van der Waals surface area contributed by atoms with Crippen LogP contribution in [-0.2, 0) is 24.3 Å². The average Bonchev–Trinajstić information content (AvgIpc) is 2.58. The van der Waals surface area contributed by atoms with E-state index in [-0.39, 0.29) is 18.0 Å². The molecule has 0 saturated carbocycles. The third kappa shape index (κ3) is 5.49. The molecule has 1 aromatic rings. The van der Waals surface area contributed by atoms with Crippen LogP contribution in [0.3, 0.4) is 0 Å². The number of hydrogen-bond acceptors (Lipinski definition) is 6. The van der Waals surface area contributed by atoms with Gasteiger partial charge in [-0.05, 0) is 18.2 Å². The number of hydrazine groups is 1. The molecule has 0 saturated heterocycles. The molecule has 0 atom stereocenters. The lowest BCUT2D eigenvalue weighted by molar-refractivity contribution is -0.129. The van der Waals surface area contributed by atoms with Crippen LogP contribution in [0.2, 0.25) is 0 Å². The van der Waals surface area contributed by atoms with Gasteiger partial charge in [0.15, 0.2) is 6.61 Å². The summed E-state index contributed by atoms with van der Waals surface area (Å²) in [6, 6.07) is 2.74. The van der Waals surface area contributed by atoms with Gasteiger partial charge in [-0.15, -0.1) is 0 Å². The summed E-state index contributed by atoms with van der Waals surface area (Å²) in [6.07, 6.45) is 0. The molecule has 0 fully saturated rings. The van der Waals surface area contributed by atoms with Gasteiger partial charge in [-0.1, -0.05) is 13.8 Å². The second kappa shape index (κ2) is 9.25. The first-order chi connectivity index (χ1) is 12.1. The SMILES string of the molecule is CCN(CC)S(=O)(=O)c1ccc(F)c(C(=O)OCC(=O)NNC(C)=O)c1. The second-order valence-corrected chi connectivity index (χ2v) is 6.97. The number of rotatable bonds is 7. The molecule has 0 aliphatic rings. The van der Waals surface area contributed by atoms with Crippen molar-refractivity contribution in [2.24, 2.45) is 0 Å². The number of ether oxygens (including phenoxy) is 1. The van der Waals surface area contributed by atoms with Gasteiger partial charge in [0.25, 0.3) is 5.91 Å². The number of nitrogens with one attached hydrogen (secondary N) is 2. The molecule has 0 spiro atoms. The number of amides is 2. The Morgan fingerprint density at radius 2 is 1.77 bits per heavy atom. The fourth-order valence-corrected chi connectivity index (χ4v) is 3.42. The van der Waals surface area contributed by atoms with Crippen LogP contribution in [0.5, 0.6) is 0 Å². The fraction of sp³-hybridized carbons (Fsp3) is 0.400. The molecule has 2 amide bonds. The van der Waals surface area contributed by atoms with Crippen LogP contribution in [-0.4, -0.2) is 50.2 Å². The summed E-state index contributed by atoms with van der Waals surface area (Å²) in [5, 5.41) is 0. The zero-order valence-electron chi connectivity index (χ0n) is 14.5. The third-order valence-electron chi connectivity index (χ3n) is 3.21. The molecule has 2 N–H and O–H groups in total. The molecular weight excluding hydrogens is 369 g/mol. The summed E-state index contributed by atoms with van der Waals surface area (Å²) < 4.78 is 44.6. The largest absolute Gasteiger partial charge is 0.452 e. The standard InChI is InChI=1S/C15H20FN3O6S/c1-4-19(5-2)26(23,24)11-6-7-13(16)12(8-11)15(22)25-9-14(21)18-17-10(3)20/h6-8H,4-5,9H2,1-3H3,(H,17,20)(H,18,21). The van der Waals surface area contributed by atoms with Crippen molar-refractivity contribution in [1.29, 1.82) is 0 Å². The summed E-state index contributed by atoms with van der Waals surface area (Å²) in [6.45, 7) is 4.08. The first-order valence-electron chi connectivity index (χ1n) is 7.65. The predicted molar refractivity (Wildman–Crippen MR) is 88.7 cm³/mol. The lowest BCUT2D eigenvalue weighted by Gasteiger charge is -2.18. The summed E-state index contributed by atoms with van der Waals surface area (Å²) in [7, 11) is -3.89. The molecule has 26 heavy (non-hydrogen) atoms. The van der Waals surface area contributed by atoms with Crippen molar-refractivity contribution in [3.8, 4) is 0 Å². The van der Waals surface area contributed by atoms with E-state index in [9.17, 15) is 27.2 Å². The van der Waals surface area contributed by atoms with Gasteiger partial charge in [0.2, 0.25) is 15.9 Å². The Balaban J connectivity index is 2.95. The molecule has 0 radical (unpaired) electrons. The van der Waals surface area contributed by atoms with E-state index >= 15 is 0 Å². The highest BCUT2D eigenvalue weighted by molar-refractivity contribution is 7.89. The van der Waals surface area contributed by atoms with Crippen molar-refractivity contribution in [2.75, 3.05) is 19.7 Å². The lowest BCUT2D eigenvalue weighted by Crippen LogP contribution is -2.42. The van der Waals surface area contributed by atoms with Crippen LogP contribution in [0.15, 0.2) is 23.1 Å². The van der Waals surface area contributed by atoms with Crippen molar-refractivity contribution in [3.05, 3.63) is 29.6 Å². The van der Waals surface area contributed by atoms with Gasteiger partial charge in [0, 0.05) is 20.0 Å².